The van der Waals surface area contributed by atoms with Crippen molar-refractivity contribution in [1.82, 2.24) is 4.57 Å². The predicted octanol–water partition coefficient (Wildman–Crippen LogP) is 6.85. The molecule has 2 aromatic heterocycles. The van der Waals surface area contributed by atoms with Gasteiger partial charge in [0, 0.05) is 54.4 Å². The normalized spacial score (nSPS) is 12.2. The van der Waals surface area contributed by atoms with E-state index in [0.717, 1.165) is 0 Å². The quantitative estimate of drug-likeness (QED) is 0.285. The van der Waals surface area contributed by atoms with E-state index in [1.165, 1.54) is 52.8 Å². The zero-order valence-corrected chi connectivity index (χ0v) is 14.6. The van der Waals surface area contributed by atoms with Gasteiger partial charge in [-0.15, -0.1) is 11.3 Å². The molecular formula is C23H15NS. The zero-order chi connectivity index (χ0) is 16.5. The Hall–Kier alpha value is -2.84. The van der Waals surface area contributed by atoms with Crippen molar-refractivity contribution >= 4 is 64.1 Å². The average molecular weight is 337 g/mol. The predicted molar refractivity (Wildman–Crippen MR) is 111 cm³/mol. The van der Waals surface area contributed by atoms with Crippen molar-refractivity contribution in [3.8, 4) is 0 Å². The molecule has 0 saturated heterocycles. The molecule has 0 aliphatic carbocycles. The molecule has 0 atom stereocenters. The van der Waals surface area contributed by atoms with Crippen LogP contribution in [0.25, 0.3) is 52.8 Å². The van der Waals surface area contributed by atoms with Gasteiger partial charge in [-0.1, -0.05) is 48.5 Å². The molecule has 2 heterocycles. The van der Waals surface area contributed by atoms with E-state index in [0.29, 0.717) is 0 Å². The van der Waals surface area contributed by atoms with Crippen molar-refractivity contribution in [2.75, 3.05) is 0 Å². The van der Waals surface area contributed by atoms with Gasteiger partial charge in [0.2, 0.25) is 0 Å². The van der Waals surface area contributed by atoms with Crippen LogP contribution in [-0.4, -0.2) is 4.57 Å². The fraction of sp³-hybridized carbons (Fsp3) is 0.0435. The Bertz CT molecular complexity index is 1450. The van der Waals surface area contributed by atoms with E-state index in [1.807, 2.05) is 11.3 Å². The van der Waals surface area contributed by atoms with E-state index in [4.69, 9.17) is 0 Å². The highest BCUT2D eigenvalue weighted by atomic mass is 32.1. The summed E-state index contributed by atoms with van der Waals surface area (Å²) in [6, 6.07) is 26.7. The van der Waals surface area contributed by atoms with Crippen molar-refractivity contribution in [2.24, 2.45) is 7.05 Å². The van der Waals surface area contributed by atoms with Crippen LogP contribution in [0.3, 0.4) is 0 Å². The number of hydrogen-bond donors (Lipinski definition) is 0. The largest absolute Gasteiger partial charge is 0.344 e. The first-order valence-corrected chi connectivity index (χ1v) is 9.34. The van der Waals surface area contributed by atoms with Crippen molar-refractivity contribution in [3.63, 3.8) is 0 Å². The van der Waals surface area contributed by atoms with Gasteiger partial charge in [-0.3, -0.25) is 0 Å². The Morgan fingerprint density at radius 3 is 2.36 bits per heavy atom. The number of nitrogens with zero attached hydrogens (tertiary/aromatic N) is 1. The van der Waals surface area contributed by atoms with Gasteiger partial charge in [-0.2, -0.15) is 0 Å². The first-order chi connectivity index (χ1) is 12.3. The topological polar surface area (TPSA) is 4.93 Å². The lowest BCUT2D eigenvalue weighted by molar-refractivity contribution is 1.02. The standard InChI is InChI=1S/C23H15NS/c1-24-20-8-4-2-6-15(20)19-12-14-10-11-17-16-7-3-5-9-22(16)25-23(17)18(14)13-21(19)24/h2-13H,1H3. The van der Waals surface area contributed by atoms with E-state index < -0.39 is 0 Å². The summed E-state index contributed by atoms with van der Waals surface area (Å²) in [5, 5.41) is 8.08. The lowest BCUT2D eigenvalue weighted by Gasteiger charge is -2.03. The van der Waals surface area contributed by atoms with Crippen LogP contribution in [0.15, 0.2) is 72.8 Å². The van der Waals surface area contributed by atoms with E-state index in [1.54, 1.807) is 0 Å². The maximum Gasteiger partial charge on any atom is 0.0495 e. The van der Waals surface area contributed by atoms with Crippen molar-refractivity contribution in [3.05, 3.63) is 72.8 Å². The van der Waals surface area contributed by atoms with Crippen molar-refractivity contribution in [1.29, 1.82) is 0 Å². The maximum absolute atomic E-state index is 2.38. The molecule has 2 heteroatoms. The van der Waals surface area contributed by atoms with E-state index >= 15 is 0 Å². The summed E-state index contributed by atoms with van der Waals surface area (Å²) in [5.74, 6) is 0. The maximum atomic E-state index is 2.38. The van der Waals surface area contributed by atoms with Crippen LogP contribution >= 0.6 is 11.3 Å². The molecule has 0 N–H and O–H groups in total. The Kier molecular flexibility index (Phi) is 2.48. The van der Waals surface area contributed by atoms with Gasteiger partial charge in [-0.25, -0.2) is 0 Å². The highest BCUT2D eigenvalue weighted by molar-refractivity contribution is 7.26. The third-order valence-corrected chi connectivity index (χ3v) is 6.61. The summed E-state index contributed by atoms with van der Waals surface area (Å²) in [5.41, 5.74) is 2.60. The number of aryl methyl sites for hydroxylation is 1. The summed E-state index contributed by atoms with van der Waals surface area (Å²) >= 11 is 1.90. The van der Waals surface area contributed by atoms with Crippen LogP contribution in [0.4, 0.5) is 0 Å². The molecular weight excluding hydrogens is 322 g/mol. The minimum Gasteiger partial charge on any atom is -0.344 e. The molecule has 0 radical (unpaired) electrons. The Balaban J connectivity index is 1.87. The second-order valence-electron chi connectivity index (χ2n) is 6.71. The molecule has 118 valence electrons. The minimum atomic E-state index is 1.29. The summed E-state index contributed by atoms with van der Waals surface area (Å²) in [4.78, 5) is 0. The molecule has 4 aromatic carbocycles. The lowest BCUT2D eigenvalue weighted by atomic mass is 10.0. The summed E-state index contributed by atoms with van der Waals surface area (Å²) < 4.78 is 5.07. The number of thiophene rings is 1. The monoisotopic (exact) mass is 337 g/mol. The molecule has 0 bridgehead atoms. The molecule has 6 rings (SSSR count). The third-order valence-electron chi connectivity index (χ3n) is 5.39. The molecule has 0 amide bonds. The van der Waals surface area contributed by atoms with Gasteiger partial charge in [-0.05, 0) is 29.7 Å². The Labute approximate surface area is 148 Å². The Morgan fingerprint density at radius 1 is 0.640 bits per heavy atom. The fourth-order valence-electron chi connectivity index (χ4n) is 4.16. The van der Waals surface area contributed by atoms with Gasteiger partial charge < -0.3 is 4.57 Å². The number of aromatic nitrogens is 1. The lowest BCUT2D eigenvalue weighted by Crippen LogP contribution is -1.86. The minimum absolute atomic E-state index is 1.29. The first-order valence-electron chi connectivity index (χ1n) is 8.52. The second kappa shape index (κ2) is 4.62. The molecule has 0 saturated carbocycles. The highest BCUT2D eigenvalue weighted by Gasteiger charge is 2.12. The van der Waals surface area contributed by atoms with Crippen LogP contribution in [-0.2, 0) is 7.05 Å². The number of para-hydroxylation sites is 1. The number of rotatable bonds is 0. The molecule has 1 nitrogen and oxygen atoms in total. The second-order valence-corrected chi connectivity index (χ2v) is 7.76. The van der Waals surface area contributed by atoms with Crippen LogP contribution in [0, 0.1) is 0 Å². The molecule has 6 aromatic rings. The molecule has 0 fully saturated rings. The molecule has 0 unspecified atom stereocenters. The van der Waals surface area contributed by atoms with Crippen molar-refractivity contribution < 1.29 is 0 Å². The average Bonchev–Trinajstić information content (AvgIpc) is 3.17. The first kappa shape index (κ1) is 13.5. The SMILES string of the molecule is Cn1c2ccccc2c2cc3ccc4c5ccccc5sc4c3cc21. The van der Waals surface area contributed by atoms with E-state index in [-0.39, 0.29) is 0 Å². The molecule has 0 aliphatic heterocycles. The molecule has 0 spiro atoms. The van der Waals surface area contributed by atoms with Gasteiger partial charge in [0.15, 0.2) is 0 Å². The van der Waals surface area contributed by atoms with E-state index in [9.17, 15) is 0 Å². The summed E-state index contributed by atoms with van der Waals surface area (Å²) in [6.07, 6.45) is 0. The number of benzene rings is 4. The van der Waals surface area contributed by atoms with E-state index in [2.05, 4.69) is 84.4 Å². The van der Waals surface area contributed by atoms with Crippen LogP contribution in [0.1, 0.15) is 0 Å². The fourth-order valence-corrected chi connectivity index (χ4v) is 5.39. The van der Waals surface area contributed by atoms with Crippen LogP contribution in [0.2, 0.25) is 0 Å². The summed E-state index contributed by atoms with van der Waals surface area (Å²) in [6.45, 7) is 0. The van der Waals surface area contributed by atoms with Gasteiger partial charge >= 0.3 is 0 Å². The molecule has 25 heavy (non-hydrogen) atoms. The van der Waals surface area contributed by atoms with Crippen molar-refractivity contribution in [2.45, 2.75) is 0 Å². The smallest absolute Gasteiger partial charge is 0.0495 e. The Morgan fingerprint density at radius 2 is 1.44 bits per heavy atom. The summed E-state index contributed by atoms with van der Waals surface area (Å²) in [7, 11) is 2.17. The van der Waals surface area contributed by atoms with Gasteiger partial charge in [0.05, 0.1) is 0 Å². The van der Waals surface area contributed by atoms with Gasteiger partial charge in [0.25, 0.3) is 0 Å². The van der Waals surface area contributed by atoms with Gasteiger partial charge in [0.1, 0.15) is 0 Å². The van der Waals surface area contributed by atoms with Crippen LogP contribution in [0.5, 0.6) is 0 Å². The van der Waals surface area contributed by atoms with Crippen LogP contribution < -0.4 is 0 Å². The molecule has 0 aliphatic rings. The number of hydrogen-bond acceptors (Lipinski definition) is 1. The zero-order valence-electron chi connectivity index (χ0n) is 13.8. The number of fused-ring (bicyclic) bond motifs is 8. The highest BCUT2D eigenvalue weighted by Crippen LogP contribution is 2.40. The third kappa shape index (κ3) is 1.67.